The second-order valence-electron chi connectivity index (χ2n) is 2.30. The van der Waals surface area contributed by atoms with Crippen molar-refractivity contribution in [3.63, 3.8) is 0 Å². The smallest absolute Gasteiger partial charge is 0.256 e. The first kappa shape index (κ1) is 7.61. The lowest BCUT2D eigenvalue weighted by Gasteiger charge is -1.84. The molecule has 0 N–H and O–H groups in total. The predicted octanol–water partition coefficient (Wildman–Crippen LogP) is 2.69. The first-order valence-corrected chi connectivity index (χ1v) is 4.62. The van der Waals surface area contributed by atoms with Gasteiger partial charge in [0.25, 0.3) is 5.22 Å². The Morgan fingerprint density at radius 1 is 1.50 bits per heavy atom. The fourth-order valence-corrected chi connectivity index (χ4v) is 1.33. The van der Waals surface area contributed by atoms with Gasteiger partial charge in [0, 0.05) is 6.07 Å². The Hall–Kier alpha value is -1.03. The summed E-state index contributed by atoms with van der Waals surface area (Å²) in [6.07, 6.45) is 1.86. The van der Waals surface area contributed by atoms with Crippen molar-refractivity contribution in [2.24, 2.45) is 0 Å². The number of rotatable bonds is 1. The Kier molecular flexibility index (Phi) is 1.77. The van der Waals surface area contributed by atoms with E-state index in [4.69, 9.17) is 4.42 Å². The second-order valence-corrected chi connectivity index (χ2v) is 3.05. The van der Waals surface area contributed by atoms with Crippen LogP contribution in [0.5, 0.6) is 0 Å². The highest BCUT2D eigenvalue weighted by atomic mass is 32.2. The number of aromatic nitrogens is 1. The van der Waals surface area contributed by atoms with E-state index in [1.807, 2.05) is 6.26 Å². The molecule has 0 aliphatic rings. The van der Waals surface area contributed by atoms with Gasteiger partial charge in [-0.15, -0.1) is 0 Å². The van der Waals surface area contributed by atoms with Crippen molar-refractivity contribution in [3.05, 3.63) is 24.0 Å². The quantitative estimate of drug-likeness (QED) is 0.636. The lowest BCUT2D eigenvalue weighted by atomic mass is 10.3. The lowest BCUT2D eigenvalue weighted by Crippen LogP contribution is -1.72. The van der Waals surface area contributed by atoms with Crippen molar-refractivity contribution in [3.8, 4) is 0 Å². The molecule has 2 aromatic rings. The number of nitrogens with zero attached hydrogens (tertiary/aromatic N) is 1. The fourth-order valence-electron chi connectivity index (χ4n) is 0.967. The van der Waals surface area contributed by atoms with E-state index in [1.165, 1.54) is 23.9 Å². The highest BCUT2D eigenvalue weighted by Gasteiger charge is 2.04. The van der Waals surface area contributed by atoms with Gasteiger partial charge in [0.15, 0.2) is 5.58 Å². The Bertz CT molecular complexity index is 412. The topological polar surface area (TPSA) is 26.0 Å². The summed E-state index contributed by atoms with van der Waals surface area (Å²) in [6, 6.07) is 4.30. The molecule has 0 aliphatic heterocycles. The van der Waals surface area contributed by atoms with Crippen molar-refractivity contribution in [2.45, 2.75) is 5.22 Å². The van der Waals surface area contributed by atoms with E-state index in [-0.39, 0.29) is 5.82 Å². The fraction of sp³-hybridized carbons (Fsp3) is 0.125. The maximum Gasteiger partial charge on any atom is 0.256 e. The molecule has 0 fully saturated rings. The molecule has 0 atom stereocenters. The number of halogens is 1. The normalized spacial score (nSPS) is 10.8. The van der Waals surface area contributed by atoms with Gasteiger partial charge >= 0.3 is 0 Å². The molecule has 1 aromatic carbocycles. The molecule has 62 valence electrons. The highest BCUT2D eigenvalue weighted by Crippen LogP contribution is 2.21. The molecule has 2 nitrogen and oxygen atoms in total. The van der Waals surface area contributed by atoms with Gasteiger partial charge in [-0.1, -0.05) is 11.8 Å². The maximum absolute atomic E-state index is 12.7. The first-order valence-electron chi connectivity index (χ1n) is 3.39. The summed E-state index contributed by atoms with van der Waals surface area (Å²) < 4.78 is 17.9. The minimum absolute atomic E-state index is 0.288. The van der Waals surface area contributed by atoms with E-state index in [1.54, 1.807) is 6.07 Å². The van der Waals surface area contributed by atoms with Gasteiger partial charge in [-0.05, 0) is 18.4 Å². The molecule has 0 radical (unpaired) electrons. The van der Waals surface area contributed by atoms with E-state index in [2.05, 4.69) is 4.98 Å². The summed E-state index contributed by atoms with van der Waals surface area (Å²) in [5.74, 6) is -0.288. The number of hydrogen-bond donors (Lipinski definition) is 0. The molecule has 1 aromatic heterocycles. The van der Waals surface area contributed by atoms with Crippen LogP contribution in [0.2, 0.25) is 0 Å². The molecule has 2 rings (SSSR count). The van der Waals surface area contributed by atoms with E-state index in [9.17, 15) is 4.39 Å². The standard InChI is InChI=1S/C8H6FNOS/c1-12-8-10-6-4-5(9)2-3-7(6)11-8/h2-4H,1H3. The SMILES string of the molecule is CSc1nc2cc(F)ccc2o1. The third kappa shape index (κ3) is 1.18. The van der Waals surface area contributed by atoms with Gasteiger partial charge in [-0.25, -0.2) is 9.37 Å². The molecule has 0 saturated carbocycles. The first-order chi connectivity index (χ1) is 5.79. The van der Waals surface area contributed by atoms with Crippen molar-refractivity contribution in [1.82, 2.24) is 4.98 Å². The highest BCUT2D eigenvalue weighted by molar-refractivity contribution is 7.98. The van der Waals surface area contributed by atoms with Crippen LogP contribution in [-0.2, 0) is 0 Å². The predicted molar refractivity (Wildman–Crippen MR) is 45.7 cm³/mol. The second kappa shape index (κ2) is 2.79. The molecule has 0 saturated heterocycles. The van der Waals surface area contributed by atoms with Crippen molar-refractivity contribution in [1.29, 1.82) is 0 Å². The summed E-state index contributed by atoms with van der Waals surface area (Å²) >= 11 is 1.40. The van der Waals surface area contributed by atoms with Gasteiger partial charge < -0.3 is 4.42 Å². The van der Waals surface area contributed by atoms with Crippen LogP contribution in [0, 0.1) is 5.82 Å². The average Bonchev–Trinajstić information content (AvgIpc) is 2.46. The van der Waals surface area contributed by atoms with E-state index in [0.29, 0.717) is 16.3 Å². The van der Waals surface area contributed by atoms with Crippen LogP contribution in [0.15, 0.2) is 27.8 Å². The molecule has 12 heavy (non-hydrogen) atoms. The van der Waals surface area contributed by atoms with Crippen LogP contribution >= 0.6 is 11.8 Å². The Balaban J connectivity index is 2.67. The van der Waals surface area contributed by atoms with Crippen LogP contribution in [0.3, 0.4) is 0 Å². The zero-order chi connectivity index (χ0) is 8.55. The Labute approximate surface area is 72.8 Å². The Morgan fingerprint density at radius 2 is 2.33 bits per heavy atom. The van der Waals surface area contributed by atoms with Crippen molar-refractivity contribution in [2.75, 3.05) is 6.26 Å². The summed E-state index contributed by atoms with van der Waals surface area (Å²) in [7, 11) is 0. The molecule has 0 unspecified atom stereocenters. The van der Waals surface area contributed by atoms with E-state index < -0.39 is 0 Å². The number of thioether (sulfide) groups is 1. The number of oxazole rings is 1. The van der Waals surface area contributed by atoms with Gasteiger partial charge in [0.2, 0.25) is 0 Å². The molecule has 0 spiro atoms. The average molecular weight is 183 g/mol. The lowest BCUT2D eigenvalue weighted by molar-refractivity contribution is 0.490. The van der Waals surface area contributed by atoms with Crippen molar-refractivity contribution >= 4 is 22.9 Å². The van der Waals surface area contributed by atoms with E-state index >= 15 is 0 Å². The summed E-state index contributed by atoms with van der Waals surface area (Å²) in [6.45, 7) is 0. The van der Waals surface area contributed by atoms with E-state index in [0.717, 1.165) is 0 Å². The van der Waals surface area contributed by atoms with Crippen LogP contribution in [0.4, 0.5) is 4.39 Å². The molecule has 1 heterocycles. The third-order valence-electron chi connectivity index (χ3n) is 1.50. The number of fused-ring (bicyclic) bond motifs is 1. The van der Waals surface area contributed by atoms with Gasteiger partial charge in [-0.3, -0.25) is 0 Å². The zero-order valence-corrected chi connectivity index (χ0v) is 7.19. The number of benzene rings is 1. The summed E-state index contributed by atoms with van der Waals surface area (Å²) in [5.41, 5.74) is 1.19. The summed E-state index contributed by atoms with van der Waals surface area (Å²) in [5, 5.41) is 0.565. The van der Waals surface area contributed by atoms with Crippen LogP contribution in [-0.4, -0.2) is 11.2 Å². The maximum atomic E-state index is 12.7. The molecule has 0 aliphatic carbocycles. The Morgan fingerprint density at radius 3 is 3.08 bits per heavy atom. The van der Waals surface area contributed by atoms with Crippen LogP contribution in [0.1, 0.15) is 0 Å². The third-order valence-corrected chi connectivity index (χ3v) is 2.03. The molecular formula is C8H6FNOS. The molecule has 0 amide bonds. The monoisotopic (exact) mass is 183 g/mol. The molecule has 0 bridgehead atoms. The minimum Gasteiger partial charge on any atom is -0.431 e. The largest absolute Gasteiger partial charge is 0.431 e. The zero-order valence-electron chi connectivity index (χ0n) is 6.37. The molecular weight excluding hydrogens is 177 g/mol. The van der Waals surface area contributed by atoms with Crippen LogP contribution < -0.4 is 0 Å². The minimum atomic E-state index is -0.288. The number of hydrogen-bond acceptors (Lipinski definition) is 3. The molecule has 4 heteroatoms. The summed E-state index contributed by atoms with van der Waals surface area (Å²) in [4.78, 5) is 4.05. The van der Waals surface area contributed by atoms with Gasteiger partial charge in [-0.2, -0.15) is 0 Å². The van der Waals surface area contributed by atoms with Gasteiger partial charge in [0.1, 0.15) is 11.3 Å². The van der Waals surface area contributed by atoms with Crippen molar-refractivity contribution < 1.29 is 8.81 Å². The van der Waals surface area contributed by atoms with Crippen LogP contribution in [0.25, 0.3) is 11.1 Å². The van der Waals surface area contributed by atoms with Gasteiger partial charge in [0.05, 0.1) is 0 Å².